The van der Waals surface area contributed by atoms with Gasteiger partial charge in [0.25, 0.3) is 11.0 Å². The summed E-state index contributed by atoms with van der Waals surface area (Å²) in [5.41, 5.74) is 0.0694. The van der Waals surface area contributed by atoms with Crippen LogP contribution in [0.15, 0.2) is 17.7 Å². The molecule has 28 heavy (non-hydrogen) atoms. The average Bonchev–Trinajstić information content (AvgIpc) is 2.58. The minimum absolute atomic E-state index is 0.0115. The van der Waals surface area contributed by atoms with Gasteiger partial charge in [0, 0.05) is 17.1 Å². The van der Waals surface area contributed by atoms with Gasteiger partial charge in [-0.05, 0) is 30.7 Å². The Bertz CT molecular complexity index is 784. The lowest BCUT2D eigenvalue weighted by atomic mass is 9.98. The van der Waals surface area contributed by atoms with E-state index in [4.69, 9.17) is 21.1 Å². The molecular weight excluding hydrogens is 409 g/mol. The molecular formula is C16H16ClF3N2O6. The molecule has 1 N–H and O–H groups in total. The maximum absolute atomic E-state index is 13.4. The van der Waals surface area contributed by atoms with Gasteiger partial charge >= 0.3 is 6.18 Å². The van der Waals surface area contributed by atoms with Crippen LogP contribution in [-0.4, -0.2) is 49.6 Å². The monoisotopic (exact) mass is 424 g/mol. The summed E-state index contributed by atoms with van der Waals surface area (Å²) in [5.74, 6) is -0.965. The molecule has 1 amide bonds. The Balaban J connectivity index is 2.04. The maximum Gasteiger partial charge on any atom is 0.429 e. The van der Waals surface area contributed by atoms with Crippen LogP contribution in [0.2, 0.25) is 5.02 Å². The van der Waals surface area contributed by atoms with Gasteiger partial charge in [-0.25, -0.2) is 0 Å². The van der Waals surface area contributed by atoms with Gasteiger partial charge in [-0.3, -0.25) is 4.79 Å². The predicted octanol–water partition coefficient (Wildman–Crippen LogP) is 2.70. The average molecular weight is 425 g/mol. The van der Waals surface area contributed by atoms with E-state index in [0.717, 1.165) is 6.08 Å². The van der Waals surface area contributed by atoms with Gasteiger partial charge in [0.05, 0.1) is 18.8 Å². The number of halogens is 4. The number of carbonyl (C=O) groups is 1. The zero-order valence-electron chi connectivity index (χ0n) is 14.5. The molecule has 1 aliphatic rings. The van der Waals surface area contributed by atoms with Crippen molar-refractivity contribution >= 4 is 23.6 Å². The highest BCUT2D eigenvalue weighted by Gasteiger charge is 2.48. The van der Waals surface area contributed by atoms with Crippen LogP contribution in [0.3, 0.4) is 0 Å². The Morgan fingerprint density at radius 3 is 2.71 bits per heavy atom. The molecule has 1 heterocycles. The molecule has 1 aliphatic heterocycles. The molecule has 154 valence electrons. The third-order valence-corrected chi connectivity index (χ3v) is 3.83. The minimum Gasteiger partial charge on any atom is -0.475 e. The van der Waals surface area contributed by atoms with Crippen molar-refractivity contribution in [3.63, 3.8) is 0 Å². The highest BCUT2D eigenvalue weighted by atomic mass is 35.5. The molecule has 0 aromatic heterocycles. The molecule has 2 rings (SSSR count). The molecule has 1 aromatic carbocycles. The number of fused-ring (bicyclic) bond motifs is 1. The highest BCUT2D eigenvalue weighted by molar-refractivity contribution is 6.30. The molecule has 12 heteroatoms. The number of carbonyl (C=O) groups excluding carboxylic acids is 1. The molecule has 0 saturated carbocycles. The van der Waals surface area contributed by atoms with Gasteiger partial charge in [0.15, 0.2) is 0 Å². The molecule has 0 fully saturated rings. The van der Waals surface area contributed by atoms with Gasteiger partial charge in [-0.1, -0.05) is 11.6 Å². The Morgan fingerprint density at radius 1 is 1.36 bits per heavy atom. The van der Waals surface area contributed by atoms with Crippen LogP contribution in [-0.2, 0) is 14.4 Å². The summed E-state index contributed by atoms with van der Waals surface area (Å²) in [7, 11) is 0. The molecule has 1 atom stereocenters. The van der Waals surface area contributed by atoms with Crippen molar-refractivity contribution in [1.82, 2.24) is 5.32 Å². The molecule has 0 spiro atoms. The van der Waals surface area contributed by atoms with Crippen molar-refractivity contribution in [3.8, 4) is 5.75 Å². The zero-order chi connectivity index (χ0) is 20.9. The number of aryl methyl sites for hydroxylation is 1. The second-order valence-corrected chi connectivity index (χ2v) is 6.14. The van der Waals surface area contributed by atoms with Crippen LogP contribution in [0, 0.1) is 17.0 Å². The highest BCUT2D eigenvalue weighted by Crippen LogP contribution is 2.40. The van der Waals surface area contributed by atoms with Crippen LogP contribution in [0.5, 0.6) is 5.75 Å². The Kier molecular flexibility index (Phi) is 7.08. The smallest absolute Gasteiger partial charge is 0.429 e. The van der Waals surface area contributed by atoms with Gasteiger partial charge in [0.2, 0.25) is 6.10 Å². The number of alkyl halides is 3. The Labute approximate surface area is 162 Å². The molecule has 0 saturated heterocycles. The first-order valence-electron chi connectivity index (χ1n) is 7.98. The van der Waals surface area contributed by atoms with E-state index < -0.39 is 28.8 Å². The van der Waals surface area contributed by atoms with Crippen molar-refractivity contribution in [2.24, 2.45) is 0 Å². The SMILES string of the molecule is Cc1cc(Cl)cc2c1OC(C(F)(F)F)C(C(=O)NCCOCCO[N+](=O)[O-])=C2. The first-order valence-corrected chi connectivity index (χ1v) is 8.35. The lowest BCUT2D eigenvalue weighted by molar-refractivity contribution is -0.758. The van der Waals surface area contributed by atoms with Gasteiger partial charge in [0.1, 0.15) is 12.4 Å². The lowest BCUT2D eigenvalue weighted by Gasteiger charge is -2.29. The van der Waals surface area contributed by atoms with E-state index in [-0.39, 0.29) is 37.7 Å². The zero-order valence-corrected chi connectivity index (χ0v) is 15.3. The standard InChI is InChI=1S/C16H16ClF3N2O6/c1-9-6-11(17)7-10-8-12(14(16(18,19)20)28-13(9)10)15(23)21-2-3-26-4-5-27-22(24)25/h6-8,14H,2-5H2,1H3,(H,21,23). The van der Waals surface area contributed by atoms with Crippen molar-refractivity contribution in [3.05, 3.63) is 44.0 Å². The largest absolute Gasteiger partial charge is 0.475 e. The molecule has 1 aromatic rings. The number of nitrogens with zero attached hydrogens (tertiary/aromatic N) is 1. The fourth-order valence-corrected chi connectivity index (χ4v) is 2.77. The molecule has 0 aliphatic carbocycles. The van der Waals surface area contributed by atoms with Crippen molar-refractivity contribution in [2.45, 2.75) is 19.2 Å². The van der Waals surface area contributed by atoms with Gasteiger partial charge in [-0.2, -0.15) is 13.2 Å². The maximum atomic E-state index is 13.4. The number of benzene rings is 1. The first kappa shape index (κ1) is 21.8. The van der Waals surface area contributed by atoms with Gasteiger partial charge < -0.3 is 19.6 Å². The topological polar surface area (TPSA) is 99.9 Å². The van der Waals surface area contributed by atoms with E-state index in [0.29, 0.717) is 10.6 Å². The molecule has 1 unspecified atom stereocenters. The Hall–Kier alpha value is -2.53. The first-order chi connectivity index (χ1) is 13.1. The van der Waals surface area contributed by atoms with Gasteiger partial charge in [-0.15, -0.1) is 10.1 Å². The lowest BCUT2D eigenvalue weighted by Crippen LogP contribution is -2.44. The summed E-state index contributed by atoms with van der Waals surface area (Å²) in [6.07, 6.45) is -6.13. The number of rotatable bonds is 8. The third-order valence-electron chi connectivity index (χ3n) is 3.61. The van der Waals surface area contributed by atoms with Crippen LogP contribution in [0.25, 0.3) is 6.08 Å². The van der Waals surface area contributed by atoms with E-state index in [9.17, 15) is 28.1 Å². The quantitative estimate of drug-likeness (QED) is 0.391. The summed E-state index contributed by atoms with van der Waals surface area (Å²) < 4.78 is 50.2. The number of hydrogen-bond acceptors (Lipinski definition) is 6. The minimum atomic E-state index is -4.80. The summed E-state index contributed by atoms with van der Waals surface area (Å²) in [6.45, 7) is 0.961. The summed E-state index contributed by atoms with van der Waals surface area (Å²) in [4.78, 5) is 26.2. The summed E-state index contributed by atoms with van der Waals surface area (Å²) in [6, 6.07) is 2.87. The fourth-order valence-electron chi connectivity index (χ4n) is 2.49. The van der Waals surface area contributed by atoms with Crippen LogP contribution >= 0.6 is 11.6 Å². The number of amides is 1. The van der Waals surface area contributed by atoms with E-state index in [1.165, 1.54) is 12.1 Å². The van der Waals surface area contributed by atoms with Crippen LogP contribution in [0.4, 0.5) is 13.2 Å². The number of hydrogen-bond donors (Lipinski definition) is 1. The van der Waals surface area contributed by atoms with Crippen LogP contribution < -0.4 is 10.1 Å². The van der Waals surface area contributed by atoms with Crippen molar-refractivity contribution < 1.29 is 37.4 Å². The molecule has 0 bridgehead atoms. The number of ether oxygens (including phenoxy) is 2. The normalized spacial score (nSPS) is 15.9. The van der Waals surface area contributed by atoms with Crippen LogP contribution in [0.1, 0.15) is 11.1 Å². The second-order valence-electron chi connectivity index (χ2n) is 5.71. The third kappa shape index (κ3) is 5.73. The van der Waals surface area contributed by atoms with Crippen molar-refractivity contribution in [1.29, 1.82) is 0 Å². The summed E-state index contributed by atoms with van der Waals surface area (Å²) >= 11 is 5.92. The Morgan fingerprint density at radius 2 is 2.07 bits per heavy atom. The predicted molar refractivity (Wildman–Crippen MR) is 91.4 cm³/mol. The van der Waals surface area contributed by atoms with E-state index >= 15 is 0 Å². The van der Waals surface area contributed by atoms with E-state index in [2.05, 4.69) is 10.2 Å². The van der Waals surface area contributed by atoms with E-state index in [1.807, 2.05) is 0 Å². The molecule has 0 radical (unpaired) electrons. The number of nitrogens with one attached hydrogen (secondary N) is 1. The summed E-state index contributed by atoms with van der Waals surface area (Å²) in [5, 5.41) is 11.6. The second kappa shape index (κ2) is 9.11. The van der Waals surface area contributed by atoms with E-state index in [1.54, 1.807) is 6.92 Å². The molecule has 8 nitrogen and oxygen atoms in total. The van der Waals surface area contributed by atoms with Crippen molar-refractivity contribution in [2.75, 3.05) is 26.4 Å². The fraction of sp³-hybridized carbons (Fsp3) is 0.438.